The van der Waals surface area contributed by atoms with Crippen LogP contribution in [0.3, 0.4) is 0 Å². The van der Waals surface area contributed by atoms with Crippen molar-refractivity contribution in [2.24, 2.45) is 0 Å². The van der Waals surface area contributed by atoms with E-state index in [1.165, 1.54) is 22.4 Å². The molecular formula is C18H19N3. The van der Waals surface area contributed by atoms with Gasteiger partial charge in [-0.25, -0.2) is 4.98 Å². The van der Waals surface area contributed by atoms with Gasteiger partial charge in [0.25, 0.3) is 0 Å². The Bertz CT molecular complexity index is 777. The summed E-state index contributed by atoms with van der Waals surface area (Å²) in [4.78, 5) is 8.39. The lowest BCUT2D eigenvalue weighted by molar-refractivity contribution is 0.686. The Morgan fingerprint density at radius 2 is 1.90 bits per heavy atom. The van der Waals surface area contributed by atoms with Crippen molar-refractivity contribution in [2.45, 2.75) is 26.2 Å². The molecule has 0 bridgehead atoms. The van der Waals surface area contributed by atoms with E-state index in [1.807, 2.05) is 0 Å². The molecule has 1 aliphatic heterocycles. The third-order valence-corrected chi connectivity index (χ3v) is 4.53. The molecule has 0 fully saturated rings. The Morgan fingerprint density at radius 3 is 2.81 bits per heavy atom. The predicted octanol–water partition coefficient (Wildman–Crippen LogP) is 4.13. The Balaban J connectivity index is 1.84. The number of H-pyrrole nitrogens is 1. The number of para-hydroxylation sites is 1. The van der Waals surface area contributed by atoms with Gasteiger partial charge in [-0.2, -0.15) is 0 Å². The topological polar surface area (TPSA) is 40.7 Å². The average molecular weight is 277 g/mol. The maximum Gasteiger partial charge on any atom is 0.114 e. The Labute approximate surface area is 124 Å². The van der Waals surface area contributed by atoms with Gasteiger partial charge in [0.05, 0.1) is 11.0 Å². The highest BCUT2D eigenvalue weighted by molar-refractivity contribution is 5.77. The molecule has 0 amide bonds. The third kappa shape index (κ3) is 2.00. The van der Waals surface area contributed by atoms with Gasteiger partial charge >= 0.3 is 0 Å². The minimum absolute atomic E-state index is 0.357. The highest BCUT2D eigenvalue weighted by Gasteiger charge is 2.24. The number of hydrogen-bond donors (Lipinski definition) is 2. The normalized spacial score (nSPS) is 17.5. The average Bonchev–Trinajstić information content (AvgIpc) is 2.90. The SMILES string of the molecule is Cc1cc2nc(C3CCNc4ccccc43)[nH]c2cc1C. The summed E-state index contributed by atoms with van der Waals surface area (Å²) in [7, 11) is 0. The molecule has 2 heterocycles. The lowest BCUT2D eigenvalue weighted by atomic mass is 9.90. The monoisotopic (exact) mass is 277 g/mol. The van der Waals surface area contributed by atoms with Crippen LogP contribution in [0.5, 0.6) is 0 Å². The molecule has 1 atom stereocenters. The molecule has 3 aromatic rings. The van der Waals surface area contributed by atoms with Gasteiger partial charge in [0, 0.05) is 18.2 Å². The van der Waals surface area contributed by atoms with Crippen LogP contribution in [0, 0.1) is 13.8 Å². The smallest absolute Gasteiger partial charge is 0.114 e. The second-order valence-corrected chi connectivity index (χ2v) is 5.93. The molecule has 1 aromatic heterocycles. The van der Waals surface area contributed by atoms with Crippen LogP contribution in [0.1, 0.15) is 34.9 Å². The van der Waals surface area contributed by atoms with E-state index in [2.05, 4.69) is 60.5 Å². The second kappa shape index (κ2) is 4.62. The number of aromatic amines is 1. The zero-order valence-electron chi connectivity index (χ0n) is 12.4. The number of hydrogen-bond acceptors (Lipinski definition) is 2. The first kappa shape index (κ1) is 12.5. The molecule has 1 aliphatic rings. The summed E-state index contributed by atoms with van der Waals surface area (Å²) in [6.07, 6.45) is 1.08. The number of aryl methyl sites for hydroxylation is 2. The van der Waals surface area contributed by atoms with Gasteiger partial charge in [-0.3, -0.25) is 0 Å². The Morgan fingerprint density at radius 1 is 1.10 bits per heavy atom. The standard InChI is InChI=1S/C18H19N3/c1-11-9-16-17(10-12(11)2)21-18(20-16)14-7-8-19-15-6-4-3-5-13(14)15/h3-6,9-10,14,19H,7-8H2,1-2H3,(H,20,21). The summed E-state index contributed by atoms with van der Waals surface area (Å²) in [5.41, 5.74) is 7.40. The molecule has 21 heavy (non-hydrogen) atoms. The fraction of sp³-hybridized carbons (Fsp3) is 0.278. The summed E-state index contributed by atoms with van der Waals surface area (Å²) in [5, 5.41) is 3.47. The molecule has 2 N–H and O–H groups in total. The van der Waals surface area contributed by atoms with Crippen LogP contribution in [0.4, 0.5) is 5.69 Å². The molecule has 1 unspecified atom stereocenters. The summed E-state index contributed by atoms with van der Waals surface area (Å²) < 4.78 is 0. The van der Waals surface area contributed by atoms with E-state index < -0.39 is 0 Å². The van der Waals surface area contributed by atoms with E-state index in [4.69, 9.17) is 4.98 Å². The van der Waals surface area contributed by atoms with E-state index >= 15 is 0 Å². The molecule has 0 aliphatic carbocycles. The predicted molar refractivity (Wildman–Crippen MR) is 87.0 cm³/mol. The maximum absolute atomic E-state index is 4.85. The van der Waals surface area contributed by atoms with Crippen molar-refractivity contribution in [2.75, 3.05) is 11.9 Å². The number of imidazole rings is 1. The molecule has 0 radical (unpaired) electrons. The number of nitrogens with one attached hydrogen (secondary N) is 2. The van der Waals surface area contributed by atoms with E-state index in [1.54, 1.807) is 0 Å². The number of rotatable bonds is 1. The number of fused-ring (bicyclic) bond motifs is 2. The fourth-order valence-electron chi connectivity index (χ4n) is 3.21. The van der Waals surface area contributed by atoms with Crippen LogP contribution < -0.4 is 5.32 Å². The van der Waals surface area contributed by atoms with Gasteiger partial charge in [-0.1, -0.05) is 18.2 Å². The summed E-state index contributed by atoms with van der Waals surface area (Å²) in [6, 6.07) is 12.9. The maximum atomic E-state index is 4.85. The first-order valence-corrected chi connectivity index (χ1v) is 7.52. The molecule has 0 spiro atoms. The number of benzene rings is 2. The van der Waals surface area contributed by atoms with E-state index in [0.29, 0.717) is 5.92 Å². The largest absolute Gasteiger partial charge is 0.385 e. The van der Waals surface area contributed by atoms with Gasteiger partial charge in [0.2, 0.25) is 0 Å². The van der Waals surface area contributed by atoms with Crippen LogP contribution in [-0.2, 0) is 0 Å². The van der Waals surface area contributed by atoms with E-state index in [0.717, 1.165) is 29.8 Å². The van der Waals surface area contributed by atoms with Gasteiger partial charge in [-0.15, -0.1) is 0 Å². The summed E-state index contributed by atoms with van der Waals surface area (Å²) in [6.45, 7) is 5.29. The molecule has 2 aromatic carbocycles. The first-order chi connectivity index (χ1) is 10.2. The number of nitrogens with zero attached hydrogens (tertiary/aromatic N) is 1. The van der Waals surface area contributed by atoms with Gasteiger partial charge < -0.3 is 10.3 Å². The van der Waals surface area contributed by atoms with Gasteiger partial charge in [0.1, 0.15) is 5.82 Å². The van der Waals surface area contributed by atoms with Crippen molar-refractivity contribution >= 4 is 16.7 Å². The second-order valence-electron chi connectivity index (χ2n) is 5.93. The third-order valence-electron chi connectivity index (χ3n) is 4.53. The first-order valence-electron chi connectivity index (χ1n) is 7.52. The molecule has 3 nitrogen and oxygen atoms in total. The Hall–Kier alpha value is -2.29. The van der Waals surface area contributed by atoms with Crippen molar-refractivity contribution in [1.82, 2.24) is 9.97 Å². The molecular weight excluding hydrogens is 258 g/mol. The summed E-state index contributed by atoms with van der Waals surface area (Å²) in [5.74, 6) is 1.44. The van der Waals surface area contributed by atoms with Gasteiger partial charge in [0.15, 0.2) is 0 Å². The zero-order valence-corrected chi connectivity index (χ0v) is 12.4. The van der Waals surface area contributed by atoms with Crippen LogP contribution in [0.2, 0.25) is 0 Å². The van der Waals surface area contributed by atoms with Crippen molar-refractivity contribution < 1.29 is 0 Å². The zero-order chi connectivity index (χ0) is 14.4. The van der Waals surface area contributed by atoms with Crippen molar-refractivity contribution in [3.05, 3.63) is 58.9 Å². The van der Waals surface area contributed by atoms with E-state index in [-0.39, 0.29) is 0 Å². The molecule has 106 valence electrons. The van der Waals surface area contributed by atoms with Crippen LogP contribution in [0.15, 0.2) is 36.4 Å². The molecule has 3 heteroatoms. The van der Waals surface area contributed by atoms with E-state index in [9.17, 15) is 0 Å². The highest BCUT2D eigenvalue weighted by Crippen LogP contribution is 2.35. The van der Waals surface area contributed by atoms with Crippen LogP contribution >= 0.6 is 0 Å². The number of aromatic nitrogens is 2. The minimum Gasteiger partial charge on any atom is -0.385 e. The Kier molecular flexibility index (Phi) is 2.74. The fourth-order valence-corrected chi connectivity index (χ4v) is 3.21. The van der Waals surface area contributed by atoms with Crippen molar-refractivity contribution in [3.8, 4) is 0 Å². The van der Waals surface area contributed by atoms with Crippen molar-refractivity contribution in [3.63, 3.8) is 0 Å². The van der Waals surface area contributed by atoms with Crippen LogP contribution in [-0.4, -0.2) is 16.5 Å². The molecule has 0 saturated carbocycles. The highest BCUT2D eigenvalue weighted by atomic mass is 14.9. The molecule has 0 saturated heterocycles. The lowest BCUT2D eigenvalue weighted by Gasteiger charge is -2.25. The molecule has 4 rings (SSSR count). The summed E-state index contributed by atoms with van der Waals surface area (Å²) >= 11 is 0. The quantitative estimate of drug-likeness (QED) is 0.702. The van der Waals surface area contributed by atoms with Gasteiger partial charge in [-0.05, 0) is 55.2 Å². The van der Waals surface area contributed by atoms with Crippen LogP contribution in [0.25, 0.3) is 11.0 Å². The number of anilines is 1. The van der Waals surface area contributed by atoms with Crippen molar-refractivity contribution in [1.29, 1.82) is 0 Å². The lowest BCUT2D eigenvalue weighted by Crippen LogP contribution is -2.18. The minimum atomic E-state index is 0.357.